The number of aromatic nitrogens is 2. The Bertz CT molecular complexity index is 793. The first kappa shape index (κ1) is 17.5. The molecule has 1 aliphatic rings. The van der Waals surface area contributed by atoms with Crippen molar-refractivity contribution in [3.05, 3.63) is 40.7 Å². The second-order valence-corrected chi connectivity index (χ2v) is 6.11. The van der Waals surface area contributed by atoms with Crippen LogP contribution in [0.25, 0.3) is 0 Å². The first-order chi connectivity index (χ1) is 11.8. The second-order valence-electron chi connectivity index (χ2n) is 5.70. The number of nitrogens with zero attached hydrogens (tertiary/aromatic N) is 3. The zero-order chi connectivity index (χ0) is 18.2. The zero-order valence-electron chi connectivity index (χ0n) is 13.1. The third kappa shape index (κ3) is 3.71. The second kappa shape index (κ2) is 6.55. The van der Waals surface area contributed by atoms with Crippen molar-refractivity contribution in [1.82, 2.24) is 15.3 Å². The molecule has 1 amide bonds. The molecular weight excluding hydrogens is 361 g/mol. The van der Waals surface area contributed by atoms with Gasteiger partial charge in [0.2, 0.25) is 5.76 Å². The molecule has 134 valence electrons. The van der Waals surface area contributed by atoms with E-state index in [9.17, 15) is 18.0 Å². The molecule has 2 aromatic rings. The number of hydrogen-bond acceptors (Lipinski definition) is 5. The Morgan fingerprint density at radius 2 is 2.20 bits per heavy atom. The van der Waals surface area contributed by atoms with Gasteiger partial charge < -0.3 is 14.6 Å². The highest BCUT2D eigenvalue weighted by atomic mass is 35.5. The van der Waals surface area contributed by atoms with Gasteiger partial charge in [-0.05, 0) is 19.4 Å². The van der Waals surface area contributed by atoms with Gasteiger partial charge in [-0.2, -0.15) is 13.2 Å². The fourth-order valence-corrected chi connectivity index (χ4v) is 2.95. The van der Waals surface area contributed by atoms with Crippen LogP contribution in [0.5, 0.6) is 0 Å². The van der Waals surface area contributed by atoms with E-state index < -0.39 is 11.7 Å². The van der Waals surface area contributed by atoms with Gasteiger partial charge in [-0.3, -0.25) is 4.79 Å². The van der Waals surface area contributed by atoms with Crippen molar-refractivity contribution in [1.29, 1.82) is 0 Å². The molecule has 1 atom stereocenters. The Balaban J connectivity index is 1.67. The molecule has 0 spiro atoms. The lowest BCUT2D eigenvalue weighted by Gasteiger charge is -2.20. The predicted octanol–water partition coefficient (Wildman–Crippen LogP) is 3.06. The Morgan fingerprint density at radius 3 is 2.80 bits per heavy atom. The summed E-state index contributed by atoms with van der Waals surface area (Å²) in [5, 5.41) is 2.74. The molecule has 0 aromatic carbocycles. The van der Waals surface area contributed by atoms with E-state index in [-0.39, 0.29) is 28.5 Å². The predicted molar refractivity (Wildman–Crippen MR) is 83.6 cm³/mol. The summed E-state index contributed by atoms with van der Waals surface area (Å²) in [7, 11) is 0. The van der Waals surface area contributed by atoms with Crippen LogP contribution in [-0.2, 0) is 6.18 Å². The van der Waals surface area contributed by atoms with Gasteiger partial charge in [-0.15, -0.1) is 0 Å². The normalized spacial score (nSPS) is 17.8. The quantitative estimate of drug-likeness (QED) is 0.894. The van der Waals surface area contributed by atoms with E-state index in [1.165, 1.54) is 6.39 Å². The molecule has 1 aliphatic heterocycles. The van der Waals surface area contributed by atoms with E-state index in [0.717, 1.165) is 12.3 Å². The number of hydrogen-bond donors (Lipinski definition) is 1. The highest BCUT2D eigenvalue weighted by Gasteiger charge is 2.33. The maximum Gasteiger partial charge on any atom is 0.417 e. The van der Waals surface area contributed by atoms with Gasteiger partial charge in [0.25, 0.3) is 5.91 Å². The summed E-state index contributed by atoms with van der Waals surface area (Å²) in [4.78, 5) is 21.5. The molecule has 25 heavy (non-hydrogen) atoms. The fraction of sp³-hybridized carbons (Fsp3) is 0.400. The van der Waals surface area contributed by atoms with Crippen molar-refractivity contribution in [2.75, 3.05) is 18.0 Å². The maximum atomic E-state index is 12.7. The van der Waals surface area contributed by atoms with E-state index in [0.29, 0.717) is 25.2 Å². The lowest BCUT2D eigenvalue weighted by atomic mass is 10.2. The third-order valence-electron chi connectivity index (χ3n) is 3.92. The summed E-state index contributed by atoms with van der Waals surface area (Å²) >= 11 is 5.96. The summed E-state index contributed by atoms with van der Waals surface area (Å²) < 4.78 is 43.1. The van der Waals surface area contributed by atoms with Gasteiger partial charge in [-0.25, -0.2) is 9.97 Å². The van der Waals surface area contributed by atoms with Crippen molar-refractivity contribution < 1.29 is 22.4 Å². The summed E-state index contributed by atoms with van der Waals surface area (Å²) in [6.07, 6.45) is -1.94. The summed E-state index contributed by atoms with van der Waals surface area (Å²) in [6, 6.07) is 0.658. The number of alkyl halides is 3. The number of amides is 1. The van der Waals surface area contributed by atoms with Gasteiger partial charge >= 0.3 is 6.18 Å². The lowest BCUT2D eigenvalue weighted by molar-refractivity contribution is -0.137. The average Bonchev–Trinajstić information content (AvgIpc) is 3.15. The zero-order valence-corrected chi connectivity index (χ0v) is 13.9. The van der Waals surface area contributed by atoms with E-state index in [1.54, 1.807) is 11.8 Å². The number of nitrogens with one attached hydrogen (secondary N) is 1. The third-order valence-corrected chi connectivity index (χ3v) is 4.20. The molecule has 0 aliphatic carbocycles. The number of oxazole rings is 1. The molecule has 0 bridgehead atoms. The number of carbonyl (C=O) groups excluding carboxylic acids is 1. The number of pyridine rings is 1. The van der Waals surface area contributed by atoms with E-state index in [2.05, 4.69) is 15.3 Å². The van der Waals surface area contributed by atoms with E-state index in [4.69, 9.17) is 16.0 Å². The van der Waals surface area contributed by atoms with Crippen LogP contribution < -0.4 is 10.2 Å². The van der Waals surface area contributed by atoms with E-state index >= 15 is 0 Å². The monoisotopic (exact) mass is 374 g/mol. The first-order valence-electron chi connectivity index (χ1n) is 7.44. The highest BCUT2D eigenvalue weighted by Crippen LogP contribution is 2.34. The largest absolute Gasteiger partial charge is 0.438 e. The average molecular weight is 375 g/mol. The van der Waals surface area contributed by atoms with Crippen LogP contribution in [0.4, 0.5) is 19.0 Å². The first-order valence-corrected chi connectivity index (χ1v) is 7.82. The Labute approximate surface area is 146 Å². The van der Waals surface area contributed by atoms with Crippen LogP contribution in [0.2, 0.25) is 5.02 Å². The fourth-order valence-electron chi connectivity index (χ4n) is 2.66. The Kier molecular flexibility index (Phi) is 4.59. The number of anilines is 1. The van der Waals surface area contributed by atoms with E-state index in [1.807, 2.05) is 0 Å². The summed E-state index contributed by atoms with van der Waals surface area (Å²) in [6.45, 7) is 2.56. The molecule has 2 aromatic heterocycles. The molecule has 1 N–H and O–H groups in total. The van der Waals surface area contributed by atoms with Crippen molar-refractivity contribution in [2.24, 2.45) is 0 Å². The molecule has 0 saturated carbocycles. The van der Waals surface area contributed by atoms with Gasteiger partial charge in [0.1, 0.15) is 5.82 Å². The minimum absolute atomic E-state index is 0.0760. The van der Waals surface area contributed by atoms with Crippen LogP contribution in [0.1, 0.15) is 28.2 Å². The lowest BCUT2D eigenvalue weighted by Crippen LogP contribution is -2.37. The molecular formula is C15H14ClF3N4O2. The molecule has 1 unspecified atom stereocenters. The molecule has 3 rings (SSSR count). The van der Waals surface area contributed by atoms with Crippen molar-refractivity contribution in [3.63, 3.8) is 0 Å². The van der Waals surface area contributed by atoms with Crippen LogP contribution >= 0.6 is 11.6 Å². The minimum atomic E-state index is -4.49. The molecule has 3 heterocycles. The van der Waals surface area contributed by atoms with Crippen LogP contribution in [0, 0.1) is 6.92 Å². The number of carbonyl (C=O) groups is 1. The minimum Gasteiger partial charge on any atom is -0.438 e. The summed E-state index contributed by atoms with van der Waals surface area (Å²) in [5.41, 5.74) is -0.411. The molecule has 0 radical (unpaired) electrons. The van der Waals surface area contributed by atoms with Gasteiger partial charge in [-0.1, -0.05) is 11.6 Å². The number of halogens is 4. The number of rotatable bonds is 3. The van der Waals surface area contributed by atoms with Crippen LogP contribution in [0.3, 0.4) is 0 Å². The maximum absolute atomic E-state index is 12.7. The summed E-state index contributed by atoms with van der Waals surface area (Å²) in [5.74, 6) is 0.0275. The van der Waals surface area contributed by atoms with Crippen molar-refractivity contribution in [3.8, 4) is 0 Å². The smallest absolute Gasteiger partial charge is 0.417 e. The van der Waals surface area contributed by atoms with Crippen molar-refractivity contribution >= 4 is 23.3 Å². The molecule has 10 heteroatoms. The Morgan fingerprint density at radius 1 is 1.44 bits per heavy atom. The molecule has 1 fully saturated rings. The van der Waals surface area contributed by atoms with Crippen LogP contribution in [-0.4, -0.2) is 35.0 Å². The van der Waals surface area contributed by atoms with Crippen molar-refractivity contribution in [2.45, 2.75) is 25.6 Å². The highest BCUT2D eigenvalue weighted by molar-refractivity contribution is 6.33. The Hall–Kier alpha value is -2.29. The van der Waals surface area contributed by atoms with Gasteiger partial charge in [0, 0.05) is 25.3 Å². The standard InChI is InChI=1S/C15H14ClF3N4O2/c1-8-12(25-7-21-8)14(24)22-10-2-3-23(6-10)13-11(16)4-9(5-20-13)15(17,18)19/h4-5,7,10H,2-3,6H2,1H3,(H,22,24). The molecule has 1 saturated heterocycles. The SMILES string of the molecule is Cc1ncoc1C(=O)NC1CCN(c2ncc(C(F)(F)F)cc2Cl)C1. The van der Waals surface area contributed by atoms with Gasteiger partial charge in [0.05, 0.1) is 16.3 Å². The van der Waals surface area contributed by atoms with Gasteiger partial charge in [0.15, 0.2) is 6.39 Å². The number of aryl methyl sites for hydroxylation is 1. The van der Waals surface area contributed by atoms with Crippen LogP contribution in [0.15, 0.2) is 23.1 Å². The molecule has 6 nitrogen and oxygen atoms in total. The topological polar surface area (TPSA) is 71.3 Å².